The van der Waals surface area contributed by atoms with E-state index < -0.39 is 41.3 Å². The monoisotopic (exact) mass is 529 g/mol. The minimum absolute atomic E-state index is 0.140. The minimum atomic E-state index is -1.78. The van der Waals surface area contributed by atoms with Crippen molar-refractivity contribution >= 4 is 35.3 Å². The number of ketones is 2. The van der Waals surface area contributed by atoms with Gasteiger partial charge in [-0.1, -0.05) is 18.2 Å². The molecular weight excluding hydrogens is 502 g/mol. The molecule has 3 fully saturated rings. The summed E-state index contributed by atoms with van der Waals surface area (Å²) in [5, 5.41) is 0. The van der Waals surface area contributed by atoms with Gasteiger partial charge in [0, 0.05) is 36.8 Å². The topological polar surface area (TPSA) is 137 Å². The Hall–Kier alpha value is -2.93. The first-order valence-electron chi connectivity index (χ1n) is 12.1. The second-order valence-electron chi connectivity index (χ2n) is 9.68. The lowest BCUT2D eigenvalue weighted by atomic mass is 9.76. The van der Waals surface area contributed by atoms with E-state index in [9.17, 15) is 19.2 Å². The molecule has 12 heteroatoms. The van der Waals surface area contributed by atoms with Crippen LogP contribution in [0.3, 0.4) is 0 Å². The summed E-state index contributed by atoms with van der Waals surface area (Å²) in [6, 6.07) is 8.97. The number of fused-ring (bicyclic) bond motifs is 4. The summed E-state index contributed by atoms with van der Waals surface area (Å²) in [6.07, 6.45) is -1.02. The van der Waals surface area contributed by atoms with Crippen LogP contribution in [0.2, 0.25) is 0 Å². The molecular formula is C25H27N3O8S. The summed E-state index contributed by atoms with van der Waals surface area (Å²) < 4.78 is 23.1. The number of carbonyl (C=O) groups is 4. The van der Waals surface area contributed by atoms with E-state index in [0.717, 1.165) is 4.90 Å². The van der Waals surface area contributed by atoms with E-state index in [2.05, 4.69) is 0 Å². The third kappa shape index (κ3) is 3.25. The molecule has 5 atom stereocenters. The van der Waals surface area contributed by atoms with E-state index >= 15 is 0 Å². The Kier molecular flexibility index (Phi) is 5.64. The number of rotatable bonds is 6. The largest absolute Gasteiger partial charge is 0.449 e. The molecule has 0 bridgehead atoms. The Morgan fingerprint density at radius 3 is 2.49 bits per heavy atom. The highest BCUT2D eigenvalue weighted by atomic mass is 32.2. The fraction of sp³-hybridized carbons (Fsp3) is 0.520. The number of allylic oxidation sites excluding steroid dienone is 1. The van der Waals surface area contributed by atoms with E-state index in [1.807, 2.05) is 30.3 Å². The van der Waals surface area contributed by atoms with Gasteiger partial charge in [-0.05, 0) is 12.1 Å². The van der Waals surface area contributed by atoms with Crippen molar-refractivity contribution in [2.24, 2.45) is 17.6 Å². The molecule has 0 radical (unpaired) electrons. The highest BCUT2D eigenvalue weighted by Crippen LogP contribution is 2.61. The average molecular weight is 530 g/mol. The number of hydrogen-bond acceptors (Lipinski definition) is 10. The van der Waals surface area contributed by atoms with E-state index in [0.29, 0.717) is 6.54 Å². The second-order valence-corrected chi connectivity index (χ2v) is 10.8. The number of benzene rings is 1. The van der Waals surface area contributed by atoms with Gasteiger partial charge in [0.2, 0.25) is 17.5 Å². The van der Waals surface area contributed by atoms with Gasteiger partial charge in [0.15, 0.2) is 11.5 Å². The normalized spacial score (nSPS) is 33.0. The molecule has 1 aromatic rings. The first kappa shape index (κ1) is 24.4. The number of Topliss-reactive ketones (excluding diaryl/α,β-unsaturated/α-hetero) is 2. The van der Waals surface area contributed by atoms with Crippen molar-refractivity contribution in [2.45, 2.75) is 35.4 Å². The number of nitrogens with two attached hydrogens (primary N) is 1. The summed E-state index contributed by atoms with van der Waals surface area (Å²) in [5.41, 5.74) is 4.38. The van der Waals surface area contributed by atoms with Crippen LogP contribution >= 0.6 is 11.8 Å². The maximum Gasteiger partial charge on any atom is 0.404 e. The van der Waals surface area contributed by atoms with E-state index in [4.69, 9.17) is 24.7 Å². The number of amides is 2. The predicted molar refractivity (Wildman–Crippen MR) is 128 cm³/mol. The summed E-state index contributed by atoms with van der Waals surface area (Å²) >= 11 is 1.44. The zero-order chi connectivity index (χ0) is 26.1. The molecule has 6 rings (SSSR count). The molecule has 11 nitrogen and oxygen atoms in total. The van der Waals surface area contributed by atoms with Crippen LogP contribution in [-0.2, 0) is 33.3 Å². The molecule has 1 aliphatic carbocycles. The average Bonchev–Trinajstić information content (AvgIpc) is 3.17. The molecule has 0 saturated carbocycles. The first-order valence-corrected chi connectivity index (χ1v) is 13.1. The molecule has 1 spiro atoms. The fourth-order valence-electron chi connectivity index (χ4n) is 6.64. The molecule has 196 valence electrons. The van der Waals surface area contributed by atoms with Crippen molar-refractivity contribution in [3.63, 3.8) is 0 Å². The van der Waals surface area contributed by atoms with Gasteiger partial charge in [0.1, 0.15) is 12.6 Å². The van der Waals surface area contributed by atoms with E-state index in [1.54, 1.807) is 9.80 Å². The van der Waals surface area contributed by atoms with Crippen LogP contribution in [-0.4, -0.2) is 96.2 Å². The SMILES string of the molecule is CO[C@@]12[C@H](COC(N)=O)C3=C(C(=O)C(CSc4ccccc4)C4(OCCO4)C3=O)N1C[C@H]1[C@@H]2N1C(C)=O. The second kappa shape index (κ2) is 8.55. The van der Waals surface area contributed by atoms with Crippen molar-refractivity contribution in [3.8, 4) is 0 Å². The molecule has 0 aromatic heterocycles. The minimum Gasteiger partial charge on any atom is -0.449 e. The van der Waals surface area contributed by atoms with Crippen molar-refractivity contribution in [1.29, 1.82) is 0 Å². The lowest BCUT2D eigenvalue weighted by molar-refractivity contribution is -0.197. The van der Waals surface area contributed by atoms with Gasteiger partial charge in [0.25, 0.3) is 0 Å². The van der Waals surface area contributed by atoms with Gasteiger partial charge in [0.05, 0.1) is 36.8 Å². The van der Waals surface area contributed by atoms with Crippen molar-refractivity contribution in [1.82, 2.24) is 9.80 Å². The quantitative estimate of drug-likeness (QED) is 0.410. The molecule has 3 saturated heterocycles. The van der Waals surface area contributed by atoms with Gasteiger partial charge in [-0.3, -0.25) is 14.4 Å². The maximum absolute atomic E-state index is 14.3. The summed E-state index contributed by atoms with van der Waals surface area (Å²) in [5.74, 6) is -4.21. The van der Waals surface area contributed by atoms with E-state index in [-0.39, 0.29) is 54.6 Å². The van der Waals surface area contributed by atoms with Crippen LogP contribution in [0.15, 0.2) is 46.5 Å². The standard InChI is InChI=1S/C25H27N3O8S/c1-13(29)28-17-10-27-19-18(15(11-34-23(26)32)24(27,33-2)21(17)28)22(31)25(35-8-9-36-25)16(20(19)30)12-37-14-6-4-3-5-7-14/h3-7,15-17,21H,8-12H2,1-2H3,(H2,26,32)/t15-,16?,17+,21+,24-,28?/m1/s1. The number of nitrogens with zero attached hydrogens (tertiary/aromatic N) is 2. The number of carbonyl (C=O) groups excluding carboxylic acids is 4. The van der Waals surface area contributed by atoms with Crippen molar-refractivity contribution < 1.29 is 38.1 Å². The van der Waals surface area contributed by atoms with Crippen LogP contribution in [0.5, 0.6) is 0 Å². The van der Waals surface area contributed by atoms with E-state index in [1.165, 1.54) is 25.8 Å². The number of methoxy groups -OCH3 is 1. The molecule has 1 aromatic carbocycles. The van der Waals surface area contributed by atoms with Gasteiger partial charge in [-0.25, -0.2) is 4.79 Å². The third-order valence-electron chi connectivity index (χ3n) is 8.05. The molecule has 2 amide bonds. The van der Waals surface area contributed by atoms with Gasteiger partial charge < -0.3 is 34.5 Å². The molecule has 4 aliphatic heterocycles. The van der Waals surface area contributed by atoms with Crippen molar-refractivity contribution in [3.05, 3.63) is 41.6 Å². The predicted octanol–water partition coefficient (Wildman–Crippen LogP) is 0.527. The number of primary amides is 1. The Labute approximate surface area is 217 Å². The zero-order valence-corrected chi connectivity index (χ0v) is 21.2. The molecule has 4 heterocycles. The summed E-state index contributed by atoms with van der Waals surface area (Å²) in [7, 11) is 1.47. The van der Waals surface area contributed by atoms with Crippen LogP contribution < -0.4 is 5.73 Å². The van der Waals surface area contributed by atoms with Crippen LogP contribution in [0.4, 0.5) is 4.79 Å². The van der Waals surface area contributed by atoms with Crippen LogP contribution in [0.25, 0.3) is 0 Å². The zero-order valence-electron chi connectivity index (χ0n) is 20.4. The Morgan fingerprint density at radius 1 is 1.16 bits per heavy atom. The molecule has 1 unspecified atom stereocenters. The summed E-state index contributed by atoms with van der Waals surface area (Å²) in [4.78, 5) is 56.8. The highest BCUT2D eigenvalue weighted by Gasteiger charge is 2.79. The third-order valence-corrected chi connectivity index (χ3v) is 9.15. The van der Waals surface area contributed by atoms with Crippen LogP contribution in [0, 0.1) is 11.8 Å². The Bertz CT molecular complexity index is 1220. The lowest BCUT2D eigenvalue weighted by Gasteiger charge is -2.41. The van der Waals surface area contributed by atoms with Gasteiger partial charge in [-0.2, -0.15) is 0 Å². The maximum atomic E-state index is 14.3. The lowest BCUT2D eigenvalue weighted by Crippen LogP contribution is -2.56. The van der Waals surface area contributed by atoms with Gasteiger partial charge in [-0.15, -0.1) is 11.8 Å². The smallest absolute Gasteiger partial charge is 0.404 e. The Morgan fingerprint density at radius 2 is 1.86 bits per heavy atom. The number of hydrogen-bond donors (Lipinski definition) is 1. The Balaban J connectivity index is 1.43. The highest BCUT2D eigenvalue weighted by molar-refractivity contribution is 7.99. The number of thioether (sulfide) groups is 1. The number of piperazine rings is 1. The summed E-state index contributed by atoms with van der Waals surface area (Å²) in [6.45, 7) is 1.81. The molecule has 37 heavy (non-hydrogen) atoms. The van der Waals surface area contributed by atoms with Crippen LogP contribution in [0.1, 0.15) is 6.92 Å². The first-order chi connectivity index (χ1) is 17.8. The van der Waals surface area contributed by atoms with Gasteiger partial charge >= 0.3 is 6.09 Å². The number of ether oxygens (including phenoxy) is 4. The van der Waals surface area contributed by atoms with Crippen molar-refractivity contribution in [2.75, 3.05) is 39.2 Å². The molecule has 2 N–H and O–H groups in total. The molecule has 5 aliphatic rings. The fourth-order valence-corrected chi connectivity index (χ4v) is 7.72.